The third kappa shape index (κ3) is 4.93. The Hall–Kier alpha value is -3.35. The molecule has 0 saturated carbocycles. The number of quaternary nitrogens is 1. The Balaban J connectivity index is 1.44. The monoisotopic (exact) mass is 386 g/mol. The maximum Gasteiger partial charge on any atom is 0.227 e. The second-order valence-corrected chi connectivity index (χ2v) is 6.80. The summed E-state index contributed by atoms with van der Waals surface area (Å²) in [7, 11) is 1.73. The Morgan fingerprint density at radius 3 is 2.59 bits per heavy atom. The second-order valence-electron chi connectivity index (χ2n) is 6.80. The van der Waals surface area contributed by atoms with Crippen LogP contribution in [0.15, 0.2) is 73.2 Å². The van der Waals surface area contributed by atoms with Crippen LogP contribution in [0, 0.1) is 0 Å². The number of rotatable bonds is 8. The van der Waals surface area contributed by atoms with Crippen molar-refractivity contribution in [3.05, 3.63) is 78.8 Å². The Morgan fingerprint density at radius 1 is 0.966 bits per heavy atom. The third-order valence-electron chi connectivity index (χ3n) is 4.71. The summed E-state index contributed by atoms with van der Waals surface area (Å²) < 4.78 is 5.07. The molecular formula is C23H24N5O+. The molecule has 0 aliphatic carbocycles. The summed E-state index contributed by atoms with van der Waals surface area (Å²) >= 11 is 0. The number of hydrogen-bond donors (Lipinski definition) is 2. The van der Waals surface area contributed by atoms with Crippen LogP contribution in [-0.4, -0.2) is 35.2 Å². The molecule has 2 aromatic carbocycles. The van der Waals surface area contributed by atoms with Crippen LogP contribution in [0.3, 0.4) is 0 Å². The number of anilines is 2. The van der Waals surface area contributed by atoms with Gasteiger partial charge in [-0.25, -0.2) is 9.97 Å². The van der Waals surface area contributed by atoms with E-state index in [0.717, 1.165) is 47.4 Å². The number of benzene rings is 2. The van der Waals surface area contributed by atoms with Crippen molar-refractivity contribution in [2.24, 2.45) is 0 Å². The van der Waals surface area contributed by atoms with Crippen molar-refractivity contribution in [2.45, 2.75) is 6.54 Å². The first-order valence-electron chi connectivity index (χ1n) is 9.65. The molecule has 0 bridgehead atoms. The molecule has 146 valence electrons. The van der Waals surface area contributed by atoms with Crippen molar-refractivity contribution in [3.8, 4) is 11.1 Å². The van der Waals surface area contributed by atoms with Gasteiger partial charge in [0, 0.05) is 42.3 Å². The highest BCUT2D eigenvalue weighted by Crippen LogP contribution is 2.24. The van der Waals surface area contributed by atoms with E-state index in [1.807, 2.05) is 24.4 Å². The molecule has 0 fully saturated rings. The lowest BCUT2D eigenvalue weighted by Crippen LogP contribution is -2.83. The van der Waals surface area contributed by atoms with Gasteiger partial charge in [0.05, 0.1) is 18.7 Å². The Morgan fingerprint density at radius 2 is 1.79 bits per heavy atom. The van der Waals surface area contributed by atoms with Crippen LogP contribution >= 0.6 is 0 Å². The largest absolute Gasteiger partial charge is 0.379 e. The number of aromatic nitrogens is 3. The quantitative estimate of drug-likeness (QED) is 0.455. The van der Waals surface area contributed by atoms with Crippen molar-refractivity contribution in [1.82, 2.24) is 15.0 Å². The van der Waals surface area contributed by atoms with Crippen LogP contribution in [0.25, 0.3) is 22.0 Å². The van der Waals surface area contributed by atoms with Crippen LogP contribution in [0.1, 0.15) is 5.56 Å². The normalized spacial score (nSPS) is 10.9. The van der Waals surface area contributed by atoms with E-state index in [4.69, 9.17) is 4.74 Å². The number of nitrogens with one attached hydrogen (secondary N) is 1. The SMILES string of the molecule is COCC[NH2+]Cc1ccc(Nc2ncc3cc(-c4ccncc4)ccc3n2)cc1. The van der Waals surface area contributed by atoms with Crippen molar-refractivity contribution in [1.29, 1.82) is 0 Å². The molecule has 0 spiro atoms. The number of ether oxygens (including phenoxy) is 1. The standard InChI is InChI=1S/C23H23N5O/c1-29-13-12-25-15-17-2-5-21(6-3-17)27-23-26-16-20-14-19(4-7-22(20)28-23)18-8-10-24-11-9-18/h2-11,14,16,25H,12-13,15H2,1H3,(H,26,27,28)/p+1. The van der Waals surface area contributed by atoms with E-state index in [1.165, 1.54) is 5.56 Å². The van der Waals surface area contributed by atoms with Crippen LogP contribution in [-0.2, 0) is 11.3 Å². The first-order chi connectivity index (χ1) is 14.3. The van der Waals surface area contributed by atoms with E-state index in [9.17, 15) is 0 Å². The molecule has 0 aliphatic rings. The molecule has 6 heteroatoms. The van der Waals surface area contributed by atoms with Crippen molar-refractivity contribution in [3.63, 3.8) is 0 Å². The Labute approximate surface area is 170 Å². The first-order valence-corrected chi connectivity index (χ1v) is 9.65. The fraction of sp³-hybridized carbons (Fsp3) is 0.174. The number of hydrogen-bond acceptors (Lipinski definition) is 5. The van der Waals surface area contributed by atoms with Crippen LogP contribution in [0.4, 0.5) is 11.6 Å². The molecule has 29 heavy (non-hydrogen) atoms. The summed E-state index contributed by atoms with van der Waals surface area (Å²) in [5, 5.41) is 6.53. The van der Waals surface area contributed by atoms with E-state index in [-0.39, 0.29) is 0 Å². The fourth-order valence-corrected chi connectivity index (χ4v) is 3.14. The average molecular weight is 386 g/mol. The molecule has 4 rings (SSSR count). The molecule has 0 radical (unpaired) electrons. The highest BCUT2D eigenvalue weighted by Gasteiger charge is 2.04. The number of fused-ring (bicyclic) bond motifs is 1. The summed E-state index contributed by atoms with van der Waals surface area (Å²) in [5.74, 6) is 0.591. The maximum absolute atomic E-state index is 5.07. The lowest BCUT2D eigenvalue weighted by molar-refractivity contribution is -0.671. The zero-order valence-electron chi connectivity index (χ0n) is 16.4. The fourth-order valence-electron chi connectivity index (χ4n) is 3.14. The van der Waals surface area contributed by atoms with Crippen molar-refractivity contribution >= 4 is 22.5 Å². The molecular weight excluding hydrogens is 362 g/mol. The van der Waals surface area contributed by atoms with E-state index < -0.39 is 0 Å². The van der Waals surface area contributed by atoms with Gasteiger partial charge in [0.25, 0.3) is 0 Å². The lowest BCUT2D eigenvalue weighted by Gasteiger charge is -2.08. The van der Waals surface area contributed by atoms with Crippen LogP contribution < -0.4 is 10.6 Å². The molecule has 2 heterocycles. The zero-order chi connectivity index (χ0) is 19.9. The minimum absolute atomic E-state index is 0.591. The molecule has 0 unspecified atom stereocenters. The predicted octanol–water partition coefficient (Wildman–Crippen LogP) is 3.15. The minimum atomic E-state index is 0.591. The summed E-state index contributed by atoms with van der Waals surface area (Å²) in [6.07, 6.45) is 5.45. The maximum atomic E-state index is 5.07. The van der Waals surface area contributed by atoms with Gasteiger partial charge in [-0.2, -0.15) is 0 Å². The Bertz CT molecular complexity index is 1070. The predicted molar refractivity (Wildman–Crippen MR) is 115 cm³/mol. The molecule has 3 N–H and O–H groups in total. The average Bonchev–Trinajstić information content (AvgIpc) is 2.78. The number of pyridine rings is 1. The van der Waals surface area contributed by atoms with Gasteiger partial charge in [-0.05, 0) is 47.5 Å². The van der Waals surface area contributed by atoms with Gasteiger partial charge < -0.3 is 15.4 Å². The third-order valence-corrected chi connectivity index (χ3v) is 4.71. The second kappa shape index (κ2) is 9.23. The molecule has 0 atom stereocenters. The van der Waals surface area contributed by atoms with Crippen LogP contribution in [0.2, 0.25) is 0 Å². The highest BCUT2D eigenvalue weighted by molar-refractivity contribution is 5.84. The van der Waals surface area contributed by atoms with E-state index in [2.05, 4.69) is 62.0 Å². The molecule has 6 nitrogen and oxygen atoms in total. The van der Waals surface area contributed by atoms with Gasteiger partial charge in [0.2, 0.25) is 5.95 Å². The van der Waals surface area contributed by atoms with Crippen LogP contribution in [0.5, 0.6) is 0 Å². The molecule has 4 aromatic rings. The van der Waals surface area contributed by atoms with Gasteiger partial charge >= 0.3 is 0 Å². The van der Waals surface area contributed by atoms with E-state index in [0.29, 0.717) is 5.95 Å². The van der Waals surface area contributed by atoms with Gasteiger partial charge in [-0.1, -0.05) is 18.2 Å². The first kappa shape index (κ1) is 19.0. The number of methoxy groups -OCH3 is 1. The van der Waals surface area contributed by atoms with Crippen molar-refractivity contribution < 1.29 is 10.1 Å². The van der Waals surface area contributed by atoms with E-state index in [1.54, 1.807) is 19.5 Å². The minimum Gasteiger partial charge on any atom is -0.379 e. The molecule has 2 aromatic heterocycles. The van der Waals surface area contributed by atoms with Gasteiger partial charge in [-0.15, -0.1) is 0 Å². The topological polar surface area (TPSA) is 76.5 Å². The molecule has 0 aliphatic heterocycles. The van der Waals surface area contributed by atoms with Gasteiger partial charge in [-0.3, -0.25) is 4.98 Å². The van der Waals surface area contributed by atoms with Gasteiger partial charge in [0.15, 0.2) is 0 Å². The lowest BCUT2D eigenvalue weighted by atomic mass is 10.1. The summed E-state index contributed by atoms with van der Waals surface area (Å²) in [6, 6.07) is 18.5. The zero-order valence-corrected chi connectivity index (χ0v) is 16.4. The Kier molecular flexibility index (Phi) is 6.04. The number of nitrogens with two attached hydrogens (primary N) is 1. The number of nitrogens with zero attached hydrogens (tertiary/aromatic N) is 3. The van der Waals surface area contributed by atoms with E-state index >= 15 is 0 Å². The summed E-state index contributed by atoms with van der Waals surface area (Å²) in [4.78, 5) is 13.2. The summed E-state index contributed by atoms with van der Waals surface area (Å²) in [6.45, 7) is 2.67. The highest BCUT2D eigenvalue weighted by atomic mass is 16.5. The molecule has 0 saturated heterocycles. The summed E-state index contributed by atoms with van der Waals surface area (Å²) in [5.41, 5.74) is 5.41. The van der Waals surface area contributed by atoms with Gasteiger partial charge in [0.1, 0.15) is 6.54 Å². The van der Waals surface area contributed by atoms with Crippen molar-refractivity contribution in [2.75, 3.05) is 25.6 Å². The smallest absolute Gasteiger partial charge is 0.227 e. The molecule has 0 amide bonds.